The number of amides is 1. The summed E-state index contributed by atoms with van der Waals surface area (Å²) in [5.41, 5.74) is 6.43. The first-order valence-electron chi connectivity index (χ1n) is 12.7. The summed E-state index contributed by atoms with van der Waals surface area (Å²) in [4.78, 5) is 15.3. The van der Waals surface area contributed by atoms with Gasteiger partial charge in [-0.3, -0.25) is 4.90 Å². The Morgan fingerprint density at radius 2 is 1.88 bits per heavy atom. The van der Waals surface area contributed by atoms with Crippen molar-refractivity contribution < 1.29 is 9.53 Å². The molecule has 0 aromatic heterocycles. The van der Waals surface area contributed by atoms with Gasteiger partial charge in [0.05, 0.1) is 6.04 Å². The molecule has 4 aliphatic rings. The van der Waals surface area contributed by atoms with E-state index in [-0.39, 0.29) is 23.7 Å². The molecule has 176 valence electrons. The standard InChI is InChI=1S/C29H38N2O2/c1-19(2)14-20-6-5-7-22(15-20)23-8-9-25-24(16-23)17-29(3,4)27(25)30-28(32)33-26-18-31-12-10-21(26)11-13-31/h5-9,15-16,19,21,26-27H,10-14,17-18H2,1-4H3,(H,30,32)/t26-,27?/m0/s1. The lowest BCUT2D eigenvalue weighted by Crippen LogP contribution is -2.53. The summed E-state index contributed by atoms with van der Waals surface area (Å²) in [5.74, 6) is 1.17. The molecule has 0 radical (unpaired) electrons. The molecule has 1 amide bonds. The minimum atomic E-state index is -0.259. The molecule has 0 spiro atoms. The molecule has 3 fully saturated rings. The van der Waals surface area contributed by atoms with Crippen molar-refractivity contribution in [1.29, 1.82) is 0 Å². The molecule has 4 heteroatoms. The van der Waals surface area contributed by atoms with Crippen LogP contribution in [0, 0.1) is 17.3 Å². The summed E-state index contributed by atoms with van der Waals surface area (Å²) in [5, 5.41) is 3.24. The van der Waals surface area contributed by atoms with Crippen LogP contribution in [0.15, 0.2) is 42.5 Å². The van der Waals surface area contributed by atoms with Gasteiger partial charge in [-0.05, 0) is 83.8 Å². The molecule has 3 saturated heterocycles. The van der Waals surface area contributed by atoms with E-state index in [0.717, 1.165) is 45.3 Å². The smallest absolute Gasteiger partial charge is 0.407 e. The van der Waals surface area contributed by atoms with Crippen LogP contribution in [0.3, 0.4) is 0 Å². The molecule has 1 unspecified atom stereocenters. The molecule has 3 heterocycles. The predicted octanol–water partition coefficient (Wildman–Crippen LogP) is 6.00. The van der Waals surface area contributed by atoms with E-state index in [0.29, 0.717) is 11.8 Å². The van der Waals surface area contributed by atoms with E-state index in [9.17, 15) is 4.79 Å². The molecule has 2 aromatic rings. The first-order valence-corrected chi connectivity index (χ1v) is 12.7. The quantitative estimate of drug-likeness (QED) is 0.613. The summed E-state index contributed by atoms with van der Waals surface area (Å²) >= 11 is 0. The summed E-state index contributed by atoms with van der Waals surface area (Å²) < 4.78 is 5.94. The Kier molecular flexibility index (Phi) is 5.98. The van der Waals surface area contributed by atoms with E-state index in [4.69, 9.17) is 4.74 Å². The number of benzene rings is 2. The highest BCUT2D eigenvalue weighted by molar-refractivity contribution is 5.70. The van der Waals surface area contributed by atoms with E-state index in [1.807, 2.05) is 0 Å². The fourth-order valence-electron chi connectivity index (χ4n) is 6.19. The lowest BCUT2D eigenvalue weighted by molar-refractivity contribution is -0.0348. The molecule has 0 saturated carbocycles. The first kappa shape index (κ1) is 22.5. The number of nitrogens with one attached hydrogen (secondary N) is 1. The van der Waals surface area contributed by atoms with Gasteiger partial charge in [0, 0.05) is 6.54 Å². The van der Waals surface area contributed by atoms with Gasteiger partial charge in [0.25, 0.3) is 0 Å². The second-order valence-electron chi connectivity index (χ2n) is 11.5. The molecule has 4 nitrogen and oxygen atoms in total. The topological polar surface area (TPSA) is 41.6 Å². The molecular weight excluding hydrogens is 408 g/mol. The maximum Gasteiger partial charge on any atom is 0.407 e. The van der Waals surface area contributed by atoms with Crippen LogP contribution in [-0.4, -0.2) is 36.7 Å². The van der Waals surface area contributed by atoms with Gasteiger partial charge >= 0.3 is 6.09 Å². The molecular formula is C29H38N2O2. The zero-order chi connectivity index (χ0) is 23.2. The van der Waals surface area contributed by atoms with Gasteiger partial charge < -0.3 is 10.1 Å². The predicted molar refractivity (Wildman–Crippen MR) is 133 cm³/mol. The Morgan fingerprint density at radius 3 is 2.58 bits per heavy atom. The molecule has 2 aromatic carbocycles. The summed E-state index contributed by atoms with van der Waals surface area (Å²) in [6.07, 6.45) is 4.13. The molecule has 33 heavy (non-hydrogen) atoms. The normalized spacial score (nSPS) is 27.4. The number of fused-ring (bicyclic) bond motifs is 4. The van der Waals surface area contributed by atoms with E-state index >= 15 is 0 Å². The van der Waals surface area contributed by atoms with Crippen LogP contribution in [0.1, 0.15) is 63.3 Å². The van der Waals surface area contributed by atoms with Gasteiger partial charge in [-0.2, -0.15) is 0 Å². The molecule has 2 atom stereocenters. The van der Waals surface area contributed by atoms with Crippen molar-refractivity contribution in [3.05, 3.63) is 59.2 Å². The van der Waals surface area contributed by atoms with Crippen molar-refractivity contribution in [2.75, 3.05) is 19.6 Å². The number of nitrogens with zero attached hydrogens (tertiary/aromatic N) is 1. The highest BCUT2D eigenvalue weighted by atomic mass is 16.6. The monoisotopic (exact) mass is 446 g/mol. The van der Waals surface area contributed by atoms with Crippen molar-refractivity contribution in [3.8, 4) is 11.1 Å². The van der Waals surface area contributed by atoms with Gasteiger partial charge in [0.2, 0.25) is 0 Å². The van der Waals surface area contributed by atoms with E-state index in [1.54, 1.807) is 0 Å². The fourth-order valence-corrected chi connectivity index (χ4v) is 6.19. The number of hydrogen-bond acceptors (Lipinski definition) is 3. The van der Waals surface area contributed by atoms with Crippen LogP contribution in [0.5, 0.6) is 0 Å². The van der Waals surface area contributed by atoms with E-state index in [2.05, 4.69) is 80.4 Å². The number of carbonyl (C=O) groups is 1. The third-order valence-corrected chi connectivity index (χ3v) is 7.90. The van der Waals surface area contributed by atoms with E-state index < -0.39 is 0 Å². The lowest BCUT2D eigenvalue weighted by Gasteiger charge is -2.44. The van der Waals surface area contributed by atoms with Gasteiger partial charge in [-0.25, -0.2) is 4.79 Å². The maximum absolute atomic E-state index is 12.9. The Labute approximate surface area is 198 Å². The third-order valence-electron chi connectivity index (χ3n) is 7.90. The SMILES string of the molecule is CC(C)Cc1cccc(-c2ccc3c(c2)CC(C)(C)C3NC(=O)O[C@H]2CN3CCC2CC3)c1. The fraction of sp³-hybridized carbons (Fsp3) is 0.552. The van der Waals surface area contributed by atoms with Crippen molar-refractivity contribution in [2.45, 2.75) is 65.5 Å². The van der Waals surface area contributed by atoms with Crippen molar-refractivity contribution in [2.24, 2.45) is 17.3 Å². The summed E-state index contributed by atoms with van der Waals surface area (Å²) in [7, 11) is 0. The Hall–Kier alpha value is -2.33. The number of carbonyl (C=O) groups excluding carboxylic acids is 1. The minimum absolute atomic E-state index is 0.0255. The average Bonchev–Trinajstić information content (AvgIpc) is 3.03. The molecule has 6 rings (SSSR count). The number of hydrogen-bond donors (Lipinski definition) is 1. The Balaban J connectivity index is 1.32. The maximum atomic E-state index is 12.9. The molecule has 2 bridgehead atoms. The van der Waals surface area contributed by atoms with Crippen LogP contribution in [0.25, 0.3) is 11.1 Å². The van der Waals surface area contributed by atoms with Crippen LogP contribution in [0.2, 0.25) is 0 Å². The van der Waals surface area contributed by atoms with E-state index in [1.165, 1.54) is 27.8 Å². The first-order chi connectivity index (χ1) is 15.8. The zero-order valence-corrected chi connectivity index (χ0v) is 20.6. The second kappa shape index (κ2) is 8.79. The number of ether oxygens (including phenoxy) is 1. The third kappa shape index (κ3) is 4.68. The number of piperidine rings is 3. The number of alkyl carbamates (subject to hydrolysis) is 1. The zero-order valence-electron chi connectivity index (χ0n) is 20.6. The van der Waals surface area contributed by atoms with Crippen LogP contribution >= 0.6 is 0 Å². The van der Waals surface area contributed by atoms with Crippen LogP contribution in [0.4, 0.5) is 4.79 Å². The highest BCUT2D eigenvalue weighted by Crippen LogP contribution is 2.46. The molecule has 1 N–H and O–H groups in total. The highest BCUT2D eigenvalue weighted by Gasteiger charge is 2.42. The molecule has 3 aliphatic heterocycles. The largest absolute Gasteiger partial charge is 0.445 e. The van der Waals surface area contributed by atoms with Crippen molar-refractivity contribution >= 4 is 6.09 Å². The molecule has 1 aliphatic carbocycles. The lowest BCUT2D eigenvalue weighted by atomic mass is 9.85. The van der Waals surface area contributed by atoms with Gasteiger partial charge in [-0.15, -0.1) is 0 Å². The Morgan fingerprint density at radius 1 is 1.12 bits per heavy atom. The van der Waals surface area contributed by atoms with Gasteiger partial charge in [0.1, 0.15) is 6.10 Å². The second-order valence-corrected chi connectivity index (χ2v) is 11.5. The average molecular weight is 447 g/mol. The minimum Gasteiger partial charge on any atom is -0.445 e. The summed E-state index contributed by atoms with van der Waals surface area (Å²) in [6.45, 7) is 12.2. The van der Waals surface area contributed by atoms with Gasteiger partial charge in [-0.1, -0.05) is 70.2 Å². The van der Waals surface area contributed by atoms with Crippen molar-refractivity contribution in [1.82, 2.24) is 10.2 Å². The number of rotatable bonds is 5. The van der Waals surface area contributed by atoms with Crippen molar-refractivity contribution in [3.63, 3.8) is 0 Å². The summed E-state index contributed by atoms with van der Waals surface area (Å²) in [6, 6.07) is 15.6. The van der Waals surface area contributed by atoms with Gasteiger partial charge in [0.15, 0.2) is 0 Å². The Bertz CT molecular complexity index is 1020. The van der Waals surface area contributed by atoms with Crippen LogP contribution < -0.4 is 5.32 Å². The van der Waals surface area contributed by atoms with Crippen LogP contribution in [-0.2, 0) is 17.6 Å².